The van der Waals surface area contributed by atoms with Crippen molar-refractivity contribution in [2.75, 3.05) is 0 Å². The normalized spacial score (nSPS) is 11.1. The van der Waals surface area contributed by atoms with Gasteiger partial charge in [-0.1, -0.05) is 29.3 Å². The molecule has 4 nitrogen and oxygen atoms in total. The number of carbonyl (C=O) groups is 1. The highest BCUT2D eigenvalue weighted by atomic mass is 35.5. The molecular weight excluding hydrogens is 263 g/mol. The number of hydrogen-bond acceptors (Lipinski definition) is 3. The smallest absolute Gasteiger partial charge is 0.407 e. The molecule has 0 aliphatic rings. The van der Waals surface area contributed by atoms with Gasteiger partial charge in [0.05, 0.1) is 0 Å². The summed E-state index contributed by atoms with van der Waals surface area (Å²) in [6.45, 7) is 5.63. The zero-order valence-electron chi connectivity index (χ0n) is 9.88. The van der Waals surface area contributed by atoms with Crippen LogP contribution >= 0.6 is 23.2 Å². The largest absolute Gasteiger partial charge is 0.444 e. The van der Waals surface area contributed by atoms with E-state index in [0.29, 0.717) is 10.7 Å². The Morgan fingerprint density at radius 3 is 2.59 bits per heavy atom. The lowest BCUT2D eigenvalue weighted by Gasteiger charge is -2.19. The third-order valence-corrected chi connectivity index (χ3v) is 2.25. The van der Waals surface area contributed by atoms with Gasteiger partial charge in [0.2, 0.25) is 0 Å². The fourth-order valence-electron chi connectivity index (χ4n) is 1.05. The molecule has 0 fully saturated rings. The van der Waals surface area contributed by atoms with Crippen LogP contribution in [0.2, 0.25) is 10.3 Å². The van der Waals surface area contributed by atoms with Crippen LogP contribution in [-0.4, -0.2) is 16.7 Å². The van der Waals surface area contributed by atoms with Crippen LogP contribution in [0, 0.1) is 0 Å². The van der Waals surface area contributed by atoms with E-state index in [1.165, 1.54) is 0 Å². The summed E-state index contributed by atoms with van der Waals surface area (Å²) in [5, 5.41) is 3.17. The van der Waals surface area contributed by atoms with Crippen molar-refractivity contribution >= 4 is 29.3 Å². The van der Waals surface area contributed by atoms with Gasteiger partial charge in [0.1, 0.15) is 15.9 Å². The summed E-state index contributed by atoms with van der Waals surface area (Å²) in [5.74, 6) is 0. The molecule has 0 radical (unpaired) electrons. The second kappa shape index (κ2) is 5.56. The van der Waals surface area contributed by atoms with Crippen LogP contribution in [0.5, 0.6) is 0 Å². The van der Waals surface area contributed by atoms with Gasteiger partial charge < -0.3 is 10.1 Å². The Morgan fingerprint density at radius 2 is 2.06 bits per heavy atom. The summed E-state index contributed by atoms with van der Waals surface area (Å²) >= 11 is 11.5. The van der Waals surface area contributed by atoms with Gasteiger partial charge in [-0.15, -0.1) is 0 Å². The molecule has 0 aromatic carbocycles. The van der Waals surface area contributed by atoms with Gasteiger partial charge in [-0.3, -0.25) is 0 Å². The number of halogens is 2. The van der Waals surface area contributed by atoms with Crippen molar-refractivity contribution in [2.24, 2.45) is 0 Å². The minimum atomic E-state index is -0.522. The van der Waals surface area contributed by atoms with E-state index in [9.17, 15) is 4.79 Å². The number of nitrogens with one attached hydrogen (secondary N) is 1. The van der Waals surface area contributed by atoms with Gasteiger partial charge in [0.15, 0.2) is 0 Å². The number of carbonyl (C=O) groups excluding carboxylic acids is 1. The minimum absolute atomic E-state index is 0.248. The molecule has 1 amide bonds. The second-order valence-electron chi connectivity index (χ2n) is 4.44. The van der Waals surface area contributed by atoms with Gasteiger partial charge in [-0.25, -0.2) is 9.78 Å². The van der Waals surface area contributed by atoms with E-state index < -0.39 is 11.7 Å². The lowest BCUT2D eigenvalue weighted by Crippen LogP contribution is -2.32. The Labute approximate surface area is 110 Å². The first-order valence-electron chi connectivity index (χ1n) is 5.06. The summed E-state index contributed by atoms with van der Waals surface area (Å²) in [6.07, 6.45) is -0.497. The van der Waals surface area contributed by atoms with Crippen LogP contribution < -0.4 is 5.32 Å². The van der Waals surface area contributed by atoms with Gasteiger partial charge in [0.25, 0.3) is 0 Å². The van der Waals surface area contributed by atoms with Gasteiger partial charge in [0, 0.05) is 12.1 Å². The van der Waals surface area contributed by atoms with Gasteiger partial charge in [-0.05, 0) is 26.8 Å². The minimum Gasteiger partial charge on any atom is -0.444 e. The molecule has 1 rings (SSSR count). The van der Waals surface area contributed by atoms with Crippen LogP contribution in [-0.2, 0) is 11.3 Å². The Hall–Kier alpha value is -1.00. The monoisotopic (exact) mass is 276 g/mol. The third-order valence-electron chi connectivity index (χ3n) is 1.71. The zero-order chi connectivity index (χ0) is 13.1. The lowest BCUT2D eigenvalue weighted by atomic mass is 10.2. The predicted octanol–water partition coefficient (Wildman–Crippen LogP) is 3.41. The molecule has 1 aromatic rings. The fourth-order valence-corrected chi connectivity index (χ4v) is 1.47. The van der Waals surface area contributed by atoms with E-state index in [4.69, 9.17) is 27.9 Å². The molecular formula is C11H14Cl2N2O2. The molecule has 0 bridgehead atoms. The summed E-state index contributed by atoms with van der Waals surface area (Å²) < 4.78 is 5.08. The Kier molecular flexibility index (Phi) is 4.60. The molecule has 1 heterocycles. The van der Waals surface area contributed by atoms with Crippen molar-refractivity contribution in [2.45, 2.75) is 32.9 Å². The van der Waals surface area contributed by atoms with E-state index in [1.807, 2.05) is 0 Å². The lowest BCUT2D eigenvalue weighted by molar-refractivity contribution is 0.0523. The van der Waals surface area contributed by atoms with E-state index in [1.54, 1.807) is 32.9 Å². The van der Waals surface area contributed by atoms with Crippen LogP contribution in [0.4, 0.5) is 4.79 Å². The molecule has 1 N–H and O–H groups in total. The molecule has 0 saturated carbocycles. The summed E-state index contributed by atoms with van der Waals surface area (Å²) in [7, 11) is 0. The molecule has 0 saturated heterocycles. The van der Waals surface area contributed by atoms with Crippen LogP contribution in [0.15, 0.2) is 12.1 Å². The first-order valence-corrected chi connectivity index (χ1v) is 5.81. The van der Waals surface area contributed by atoms with Gasteiger partial charge in [-0.2, -0.15) is 0 Å². The molecule has 17 heavy (non-hydrogen) atoms. The first-order chi connectivity index (χ1) is 7.78. The number of aromatic nitrogens is 1. The van der Waals surface area contributed by atoms with E-state index >= 15 is 0 Å². The number of alkyl carbamates (subject to hydrolysis) is 1. The average molecular weight is 277 g/mol. The Balaban J connectivity index is 2.53. The Morgan fingerprint density at radius 1 is 1.41 bits per heavy atom. The van der Waals surface area contributed by atoms with Crippen molar-refractivity contribution in [1.82, 2.24) is 10.3 Å². The number of rotatable bonds is 2. The van der Waals surface area contributed by atoms with Crippen molar-refractivity contribution in [3.8, 4) is 0 Å². The van der Waals surface area contributed by atoms with Gasteiger partial charge >= 0.3 is 6.09 Å². The average Bonchev–Trinajstić information content (AvgIpc) is 2.13. The molecule has 94 valence electrons. The van der Waals surface area contributed by atoms with E-state index in [0.717, 1.165) is 0 Å². The number of pyridine rings is 1. The second-order valence-corrected chi connectivity index (χ2v) is 5.18. The number of nitrogens with zero attached hydrogens (tertiary/aromatic N) is 1. The standard InChI is InChI=1S/C11H14Cl2N2O2/c1-11(2,3)17-10(16)14-6-7-4-5-8(12)15-9(7)13/h4-5H,6H2,1-3H3,(H,14,16). The van der Waals surface area contributed by atoms with Crippen molar-refractivity contribution in [3.05, 3.63) is 28.0 Å². The maximum atomic E-state index is 11.4. The van der Waals surface area contributed by atoms with Crippen LogP contribution in [0.1, 0.15) is 26.3 Å². The topological polar surface area (TPSA) is 51.2 Å². The Bertz CT molecular complexity index is 416. The molecule has 0 spiro atoms. The predicted molar refractivity (Wildman–Crippen MR) is 67.3 cm³/mol. The number of amides is 1. The maximum Gasteiger partial charge on any atom is 0.407 e. The quantitative estimate of drug-likeness (QED) is 0.843. The van der Waals surface area contributed by atoms with Crippen molar-refractivity contribution < 1.29 is 9.53 Å². The highest BCUT2D eigenvalue weighted by Crippen LogP contribution is 2.16. The molecule has 0 aliphatic heterocycles. The highest BCUT2D eigenvalue weighted by Gasteiger charge is 2.16. The molecule has 0 aliphatic carbocycles. The zero-order valence-corrected chi connectivity index (χ0v) is 11.4. The number of hydrogen-bond donors (Lipinski definition) is 1. The number of ether oxygens (including phenoxy) is 1. The van der Waals surface area contributed by atoms with Crippen molar-refractivity contribution in [3.63, 3.8) is 0 Å². The third kappa shape index (κ3) is 5.24. The first kappa shape index (κ1) is 14.1. The van der Waals surface area contributed by atoms with E-state index in [2.05, 4.69) is 10.3 Å². The summed E-state index contributed by atoms with van der Waals surface area (Å²) in [4.78, 5) is 15.3. The van der Waals surface area contributed by atoms with Crippen LogP contribution in [0.25, 0.3) is 0 Å². The molecule has 1 aromatic heterocycles. The van der Waals surface area contributed by atoms with Crippen molar-refractivity contribution in [1.29, 1.82) is 0 Å². The highest BCUT2D eigenvalue weighted by molar-refractivity contribution is 6.32. The summed E-state index contributed by atoms with van der Waals surface area (Å²) in [5.41, 5.74) is 0.161. The maximum absolute atomic E-state index is 11.4. The van der Waals surface area contributed by atoms with E-state index in [-0.39, 0.29) is 11.7 Å². The summed E-state index contributed by atoms with van der Waals surface area (Å²) in [6, 6.07) is 3.31. The molecule has 0 unspecified atom stereocenters. The molecule has 6 heteroatoms. The van der Waals surface area contributed by atoms with Crippen LogP contribution in [0.3, 0.4) is 0 Å². The molecule has 0 atom stereocenters. The fraction of sp³-hybridized carbons (Fsp3) is 0.455. The SMILES string of the molecule is CC(C)(C)OC(=O)NCc1ccc(Cl)nc1Cl.